The van der Waals surface area contributed by atoms with Gasteiger partial charge in [0.2, 0.25) is 11.2 Å². The molecule has 2 aliphatic rings. The van der Waals surface area contributed by atoms with E-state index >= 15 is 0 Å². The van der Waals surface area contributed by atoms with Crippen molar-refractivity contribution in [3.05, 3.63) is 75.1 Å². The van der Waals surface area contributed by atoms with Crippen LogP contribution in [0.3, 0.4) is 0 Å². The number of aliphatic hydroxyl groups excluding tert-OH is 3. The molecule has 1 aliphatic heterocycles. The van der Waals surface area contributed by atoms with Gasteiger partial charge in [-0.3, -0.25) is 19.8 Å². The Morgan fingerprint density at radius 2 is 1.15 bits per heavy atom. The highest BCUT2D eigenvalue weighted by Crippen LogP contribution is 2.36. The molecule has 17 heteroatoms. The summed E-state index contributed by atoms with van der Waals surface area (Å²) < 4.78 is 0. The summed E-state index contributed by atoms with van der Waals surface area (Å²) in [6, 6.07) is 7.83. The number of carboxylic acids is 2. The summed E-state index contributed by atoms with van der Waals surface area (Å²) in [6.45, 7) is 11.7. The van der Waals surface area contributed by atoms with E-state index in [1.165, 1.54) is 0 Å². The number of nitrogens with one attached hydrogen (secondary N) is 2. The van der Waals surface area contributed by atoms with Crippen LogP contribution in [0.2, 0.25) is 5.28 Å². The number of carboxylic acid groups (broad SMARTS) is 2. The largest absolute Gasteiger partial charge is 0.481 e. The monoisotopic (exact) mass is 785 g/mol. The van der Waals surface area contributed by atoms with Gasteiger partial charge in [-0.25, -0.2) is 19.9 Å². The van der Waals surface area contributed by atoms with Gasteiger partial charge in [-0.15, -0.1) is 0 Å². The van der Waals surface area contributed by atoms with E-state index in [1.807, 2.05) is 56.9 Å². The SMILES string of the molecule is CC(C)O.Cc1cc(Cc2cc(C)[nH]n2)nc(Cl)n1.Cc1cc(Cc2cc(C)[nH]n2)nc(N2CCC(CO)(C(=O)O)CC2)n1.O=C(O)C1(CO)CCCCC1. The summed E-state index contributed by atoms with van der Waals surface area (Å²) in [5.41, 5.74) is 5.58. The highest BCUT2D eigenvalue weighted by Gasteiger charge is 2.42. The minimum absolute atomic E-state index is 0.167. The molecule has 55 heavy (non-hydrogen) atoms. The van der Waals surface area contributed by atoms with E-state index in [4.69, 9.17) is 26.9 Å². The number of aliphatic carboxylic acids is 2. The number of aliphatic hydroxyl groups is 3. The van der Waals surface area contributed by atoms with Crippen molar-refractivity contribution in [3.63, 3.8) is 0 Å². The molecule has 0 radical (unpaired) electrons. The highest BCUT2D eigenvalue weighted by atomic mass is 35.5. The minimum Gasteiger partial charge on any atom is -0.481 e. The predicted octanol–water partition coefficient (Wildman–Crippen LogP) is 4.53. The Bertz CT molecular complexity index is 1790. The van der Waals surface area contributed by atoms with Crippen LogP contribution in [-0.2, 0) is 22.4 Å². The maximum atomic E-state index is 11.4. The van der Waals surface area contributed by atoms with Gasteiger partial charge in [0.15, 0.2) is 0 Å². The highest BCUT2D eigenvalue weighted by molar-refractivity contribution is 6.28. The number of aromatic nitrogens is 8. The first-order valence-corrected chi connectivity index (χ1v) is 18.9. The fourth-order valence-electron chi connectivity index (χ4n) is 6.28. The number of rotatable bonds is 9. The summed E-state index contributed by atoms with van der Waals surface area (Å²) >= 11 is 5.77. The van der Waals surface area contributed by atoms with Gasteiger partial charge in [0, 0.05) is 54.8 Å². The van der Waals surface area contributed by atoms with Gasteiger partial charge >= 0.3 is 11.9 Å². The molecule has 1 saturated heterocycles. The number of H-pyrrole nitrogens is 2. The first-order chi connectivity index (χ1) is 26.0. The van der Waals surface area contributed by atoms with Crippen molar-refractivity contribution in [1.29, 1.82) is 0 Å². The van der Waals surface area contributed by atoms with Gasteiger partial charge in [-0.1, -0.05) is 19.3 Å². The molecular weight excluding hydrogens is 730 g/mol. The van der Waals surface area contributed by atoms with Crippen LogP contribution in [0, 0.1) is 38.5 Å². The fraction of sp³-hybridized carbons (Fsp3) is 0.579. The van der Waals surface area contributed by atoms with E-state index in [0.717, 1.165) is 64.8 Å². The van der Waals surface area contributed by atoms with Crippen LogP contribution in [0.25, 0.3) is 0 Å². The number of piperidine rings is 1. The van der Waals surface area contributed by atoms with Crippen LogP contribution in [0.15, 0.2) is 24.3 Å². The Morgan fingerprint density at radius 1 is 0.709 bits per heavy atom. The standard InChI is InChI=1S/C17H23N5O3.C10H11ClN4.C8H14O3.C3H8O/c1-11-7-13(9-14-8-12(2)20-21-14)19-16(18-11)22-5-3-17(10-23,4-6-22)15(24)25;1-6-3-8(13-10(11)12-6)5-9-4-7(2)14-15-9;9-6-8(7(10)11)4-2-1-3-5-8;1-3(2)4/h7-8,23H,3-6,9-10H2,1-2H3,(H,20,21)(H,24,25);3-4H,5H2,1-2H3,(H,14,15);9H,1-6H2,(H,10,11);3-4H,1-2H3. The van der Waals surface area contributed by atoms with Gasteiger partial charge in [0.05, 0.1) is 46.8 Å². The maximum absolute atomic E-state index is 11.4. The molecule has 0 atom stereocenters. The topological polar surface area (TPSA) is 247 Å². The summed E-state index contributed by atoms with van der Waals surface area (Å²) in [6.07, 6.45) is 6.14. The van der Waals surface area contributed by atoms with Crippen LogP contribution in [0.4, 0.5) is 5.95 Å². The molecule has 7 N–H and O–H groups in total. The van der Waals surface area contributed by atoms with Crippen LogP contribution in [-0.4, -0.2) is 110 Å². The molecule has 1 aliphatic carbocycles. The number of anilines is 1. The average molecular weight is 786 g/mol. The second-order valence-electron chi connectivity index (χ2n) is 14.6. The van der Waals surface area contributed by atoms with E-state index in [2.05, 4.69) is 40.3 Å². The molecule has 5 heterocycles. The Kier molecular flexibility index (Phi) is 17.1. The second-order valence-corrected chi connectivity index (χ2v) is 15.0. The number of carbonyl (C=O) groups is 2. The van der Waals surface area contributed by atoms with Gasteiger partial charge in [0.25, 0.3) is 0 Å². The van der Waals surface area contributed by atoms with Crippen LogP contribution in [0.1, 0.15) is 104 Å². The van der Waals surface area contributed by atoms with Crippen molar-refractivity contribution in [3.8, 4) is 0 Å². The number of halogens is 1. The Morgan fingerprint density at radius 3 is 1.53 bits per heavy atom. The minimum atomic E-state index is -1.05. The lowest BCUT2D eigenvalue weighted by molar-refractivity contribution is -0.154. The molecule has 0 bridgehead atoms. The summed E-state index contributed by atoms with van der Waals surface area (Å²) in [7, 11) is 0. The molecule has 6 rings (SSSR count). The number of hydrogen-bond donors (Lipinski definition) is 7. The maximum Gasteiger partial charge on any atom is 0.312 e. The Labute approximate surface area is 326 Å². The molecule has 2 fully saturated rings. The fourth-order valence-corrected chi connectivity index (χ4v) is 6.52. The quantitative estimate of drug-likeness (QED) is 0.115. The number of aromatic amines is 2. The van der Waals surface area contributed by atoms with Crippen molar-refractivity contribution in [2.75, 3.05) is 31.2 Å². The van der Waals surface area contributed by atoms with E-state index < -0.39 is 22.8 Å². The van der Waals surface area contributed by atoms with Crippen molar-refractivity contribution < 1.29 is 35.1 Å². The molecule has 0 unspecified atom stereocenters. The number of hydrogen-bond acceptors (Lipinski definition) is 12. The third-order valence-corrected chi connectivity index (χ3v) is 9.51. The van der Waals surface area contributed by atoms with Crippen LogP contribution < -0.4 is 4.90 Å². The molecule has 4 aromatic rings. The van der Waals surface area contributed by atoms with E-state index in [9.17, 15) is 19.8 Å². The van der Waals surface area contributed by atoms with Gasteiger partial charge in [-0.05, 0) is 103 Å². The zero-order chi connectivity index (χ0) is 40.8. The number of nitrogens with zero attached hydrogens (tertiary/aromatic N) is 7. The zero-order valence-corrected chi connectivity index (χ0v) is 33.4. The molecule has 0 aromatic carbocycles. The Balaban J connectivity index is 0.000000229. The van der Waals surface area contributed by atoms with Gasteiger partial charge < -0.3 is 30.4 Å². The summed E-state index contributed by atoms with van der Waals surface area (Å²) in [5.74, 6) is -1.16. The van der Waals surface area contributed by atoms with Gasteiger partial charge in [-0.2, -0.15) is 10.2 Å². The molecule has 4 aromatic heterocycles. The summed E-state index contributed by atoms with van der Waals surface area (Å²) in [4.78, 5) is 41.5. The third kappa shape index (κ3) is 13.9. The van der Waals surface area contributed by atoms with Crippen LogP contribution in [0.5, 0.6) is 0 Å². The molecule has 0 spiro atoms. The van der Waals surface area contributed by atoms with Crippen molar-refractivity contribution in [2.24, 2.45) is 10.8 Å². The normalized spacial score (nSPS) is 15.8. The lowest BCUT2D eigenvalue weighted by Gasteiger charge is -2.37. The average Bonchev–Trinajstić information content (AvgIpc) is 3.74. The molecule has 16 nitrogen and oxygen atoms in total. The van der Waals surface area contributed by atoms with Crippen molar-refractivity contribution in [1.82, 2.24) is 40.3 Å². The van der Waals surface area contributed by atoms with Gasteiger partial charge in [0.1, 0.15) is 0 Å². The molecule has 302 valence electrons. The lowest BCUT2D eigenvalue weighted by atomic mass is 9.75. The molecule has 0 amide bonds. The third-order valence-electron chi connectivity index (χ3n) is 9.34. The molecule has 1 saturated carbocycles. The first kappa shape index (κ1) is 44.9. The van der Waals surface area contributed by atoms with E-state index in [0.29, 0.717) is 57.6 Å². The van der Waals surface area contributed by atoms with E-state index in [-0.39, 0.29) is 24.6 Å². The van der Waals surface area contributed by atoms with Crippen molar-refractivity contribution in [2.45, 2.75) is 105 Å². The Hall–Kier alpha value is -4.51. The second kappa shape index (κ2) is 21.0. The number of aryl methyl sites for hydroxylation is 4. The smallest absolute Gasteiger partial charge is 0.312 e. The first-order valence-electron chi connectivity index (χ1n) is 18.5. The van der Waals surface area contributed by atoms with E-state index in [1.54, 1.807) is 13.8 Å². The molecular formula is C38H56ClN9O7. The zero-order valence-electron chi connectivity index (χ0n) is 32.6. The lowest BCUT2D eigenvalue weighted by Crippen LogP contribution is -2.47. The van der Waals surface area contributed by atoms with Crippen molar-refractivity contribution >= 4 is 29.5 Å². The van der Waals surface area contributed by atoms with Crippen LogP contribution >= 0.6 is 11.6 Å². The predicted molar refractivity (Wildman–Crippen MR) is 207 cm³/mol. The summed E-state index contributed by atoms with van der Waals surface area (Å²) in [5, 5.41) is 59.2.